The molecular weight excluding hydrogens is 220 g/mol. The molecule has 0 fully saturated rings. The molecule has 0 unspecified atom stereocenters. The summed E-state index contributed by atoms with van der Waals surface area (Å²) in [4.78, 5) is 9.30. The molecule has 0 aliphatic heterocycles. The maximum atomic E-state index is 4.80. The Morgan fingerprint density at radius 2 is 1.78 bits per heavy atom. The van der Waals surface area contributed by atoms with E-state index in [0.717, 1.165) is 17.5 Å². The number of pyridine rings is 2. The van der Waals surface area contributed by atoms with Crippen molar-refractivity contribution in [2.24, 2.45) is 0 Å². The largest absolute Gasteiger partial charge is 0.254 e. The zero-order valence-corrected chi connectivity index (χ0v) is 10.2. The fourth-order valence-electron chi connectivity index (χ4n) is 2.91. The van der Waals surface area contributed by atoms with Crippen LogP contribution in [0.1, 0.15) is 24.1 Å². The molecule has 1 aromatic carbocycles. The van der Waals surface area contributed by atoms with Gasteiger partial charge in [0.2, 0.25) is 0 Å². The molecule has 88 valence electrons. The third kappa shape index (κ3) is 1.42. The summed E-state index contributed by atoms with van der Waals surface area (Å²) in [6, 6.07) is 10.6. The molecule has 0 N–H and O–H groups in total. The van der Waals surface area contributed by atoms with Gasteiger partial charge in [0.25, 0.3) is 0 Å². The molecule has 4 rings (SSSR count). The first-order valence-corrected chi connectivity index (χ1v) is 6.58. The molecule has 0 spiro atoms. The molecule has 0 radical (unpaired) electrons. The molecule has 0 bridgehead atoms. The lowest BCUT2D eigenvalue weighted by atomic mass is 9.94. The van der Waals surface area contributed by atoms with Crippen LogP contribution in [0.3, 0.4) is 0 Å². The lowest BCUT2D eigenvalue weighted by Crippen LogP contribution is -2.05. The molecule has 0 amide bonds. The van der Waals surface area contributed by atoms with Crippen LogP contribution in [-0.4, -0.2) is 9.97 Å². The lowest BCUT2D eigenvalue weighted by Gasteiger charge is -2.15. The first kappa shape index (κ1) is 10.0. The number of hydrogen-bond donors (Lipinski definition) is 0. The lowest BCUT2D eigenvalue weighted by molar-refractivity contribution is 0.671. The number of benzene rings is 1. The monoisotopic (exact) mass is 234 g/mol. The molecule has 0 saturated carbocycles. The number of hydrogen-bond acceptors (Lipinski definition) is 2. The fraction of sp³-hybridized carbons (Fsp3) is 0.250. The highest BCUT2D eigenvalue weighted by atomic mass is 14.8. The van der Waals surface area contributed by atoms with Gasteiger partial charge >= 0.3 is 0 Å². The molecule has 2 heteroatoms. The molecular formula is C16H14N2. The van der Waals surface area contributed by atoms with E-state index < -0.39 is 0 Å². The van der Waals surface area contributed by atoms with E-state index >= 15 is 0 Å². The Kier molecular flexibility index (Phi) is 2.10. The number of fused-ring (bicyclic) bond motifs is 4. The van der Waals surface area contributed by atoms with Gasteiger partial charge in [-0.2, -0.15) is 0 Å². The quantitative estimate of drug-likeness (QED) is 0.555. The second kappa shape index (κ2) is 3.77. The van der Waals surface area contributed by atoms with Gasteiger partial charge in [-0.1, -0.05) is 18.2 Å². The molecule has 2 heterocycles. The van der Waals surface area contributed by atoms with Gasteiger partial charge in [-0.05, 0) is 43.4 Å². The first-order chi connectivity index (χ1) is 8.92. The Morgan fingerprint density at radius 1 is 0.889 bits per heavy atom. The van der Waals surface area contributed by atoms with Gasteiger partial charge in [0.15, 0.2) is 0 Å². The molecule has 3 aromatic rings. The third-order valence-electron chi connectivity index (χ3n) is 3.85. The minimum absolute atomic E-state index is 1.04. The first-order valence-electron chi connectivity index (χ1n) is 6.58. The van der Waals surface area contributed by atoms with Gasteiger partial charge in [-0.15, -0.1) is 0 Å². The molecule has 1 aliphatic carbocycles. The Labute approximate surface area is 106 Å². The fourth-order valence-corrected chi connectivity index (χ4v) is 2.91. The highest BCUT2D eigenvalue weighted by molar-refractivity contribution is 6.04. The van der Waals surface area contributed by atoms with Crippen molar-refractivity contribution in [3.8, 4) is 0 Å². The number of aryl methyl sites for hydroxylation is 2. The van der Waals surface area contributed by atoms with Crippen LogP contribution in [0.2, 0.25) is 0 Å². The Bertz CT molecular complexity index is 747. The SMILES string of the molecule is c1ccc2c(c1)ncc1nc3c(cc12)CCCC3. The van der Waals surface area contributed by atoms with Crippen LogP contribution < -0.4 is 0 Å². The van der Waals surface area contributed by atoms with E-state index in [4.69, 9.17) is 4.98 Å². The molecule has 2 aromatic heterocycles. The van der Waals surface area contributed by atoms with E-state index in [-0.39, 0.29) is 0 Å². The van der Waals surface area contributed by atoms with Crippen LogP contribution >= 0.6 is 0 Å². The van der Waals surface area contributed by atoms with E-state index in [0.29, 0.717) is 0 Å². The van der Waals surface area contributed by atoms with Crippen molar-refractivity contribution in [2.75, 3.05) is 0 Å². The Morgan fingerprint density at radius 3 is 2.78 bits per heavy atom. The van der Waals surface area contributed by atoms with Crippen molar-refractivity contribution in [2.45, 2.75) is 25.7 Å². The van der Waals surface area contributed by atoms with E-state index in [1.165, 1.54) is 41.3 Å². The summed E-state index contributed by atoms with van der Waals surface area (Å²) < 4.78 is 0. The third-order valence-corrected chi connectivity index (χ3v) is 3.85. The second-order valence-corrected chi connectivity index (χ2v) is 5.01. The zero-order chi connectivity index (χ0) is 11.9. The van der Waals surface area contributed by atoms with Gasteiger partial charge < -0.3 is 0 Å². The summed E-state index contributed by atoms with van der Waals surface area (Å²) >= 11 is 0. The van der Waals surface area contributed by atoms with Gasteiger partial charge in [0.1, 0.15) is 0 Å². The minimum atomic E-state index is 1.04. The van der Waals surface area contributed by atoms with Crippen LogP contribution in [-0.2, 0) is 12.8 Å². The topological polar surface area (TPSA) is 25.8 Å². The van der Waals surface area contributed by atoms with Gasteiger partial charge in [-0.25, -0.2) is 0 Å². The van der Waals surface area contributed by atoms with Crippen molar-refractivity contribution >= 4 is 21.8 Å². The van der Waals surface area contributed by atoms with Crippen LogP contribution in [0.5, 0.6) is 0 Å². The van der Waals surface area contributed by atoms with Crippen LogP contribution in [0.15, 0.2) is 36.5 Å². The van der Waals surface area contributed by atoms with Crippen molar-refractivity contribution in [3.63, 3.8) is 0 Å². The van der Waals surface area contributed by atoms with E-state index in [9.17, 15) is 0 Å². The van der Waals surface area contributed by atoms with Crippen molar-refractivity contribution in [3.05, 3.63) is 47.8 Å². The summed E-state index contributed by atoms with van der Waals surface area (Å²) in [5, 5.41) is 2.47. The standard InChI is InChI=1S/C16H14N2/c1-3-7-14-11(5-1)9-13-12-6-2-4-8-15(12)17-10-16(13)18-14/h2,4,6,8-10H,1,3,5,7H2. The van der Waals surface area contributed by atoms with Crippen molar-refractivity contribution in [1.29, 1.82) is 0 Å². The molecule has 1 aliphatic rings. The summed E-state index contributed by atoms with van der Waals surface area (Å²) in [5.41, 5.74) is 4.81. The number of aromatic nitrogens is 2. The van der Waals surface area contributed by atoms with E-state index in [2.05, 4.69) is 29.2 Å². The summed E-state index contributed by atoms with van der Waals surface area (Å²) in [7, 11) is 0. The second-order valence-electron chi connectivity index (χ2n) is 5.01. The van der Waals surface area contributed by atoms with E-state index in [1.807, 2.05) is 12.3 Å². The van der Waals surface area contributed by atoms with Crippen LogP contribution in [0, 0.1) is 0 Å². The number of rotatable bonds is 0. The Hall–Kier alpha value is -1.96. The van der Waals surface area contributed by atoms with Crippen LogP contribution in [0.4, 0.5) is 0 Å². The Balaban J connectivity index is 2.12. The molecule has 0 atom stereocenters. The zero-order valence-electron chi connectivity index (χ0n) is 10.2. The van der Waals surface area contributed by atoms with Crippen molar-refractivity contribution in [1.82, 2.24) is 9.97 Å². The van der Waals surface area contributed by atoms with Gasteiger partial charge in [0, 0.05) is 16.5 Å². The number of nitrogens with zero attached hydrogens (tertiary/aromatic N) is 2. The average molecular weight is 234 g/mol. The number of para-hydroxylation sites is 1. The van der Waals surface area contributed by atoms with E-state index in [1.54, 1.807) is 0 Å². The summed E-state index contributed by atoms with van der Waals surface area (Å²) in [6.45, 7) is 0. The highest BCUT2D eigenvalue weighted by Gasteiger charge is 2.13. The van der Waals surface area contributed by atoms with Gasteiger partial charge in [-0.3, -0.25) is 9.97 Å². The predicted octanol–water partition coefficient (Wildman–Crippen LogP) is 3.66. The summed E-state index contributed by atoms with van der Waals surface area (Å²) in [6.07, 6.45) is 6.77. The van der Waals surface area contributed by atoms with Gasteiger partial charge in [0.05, 0.1) is 17.2 Å². The van der Waals surface area contributed by atoms with Crippen LogP contribution in [0.25, 0.3) is 21.8 Å². The van der Waals surface area contributed by atoms with Crippen molar-refractivity contribution < 1.29 is 0 Å². The maximum absolute atomic E-state index is 4.80. The minimum Gasteiger partial charge on any atom is -0.254 e. The predicted molar refractivity (Wildman–Crippen MR) is 73.7 cm³/mol. The smallest absolute Gasteiger partial charge is 0.0895 e. The normalized spacial score (nSPS) is 14.9. The maximum Gasteiger partial charge on any atom is 0.0895 e. The average Bonchev–Trinajstić information content (AvgIpc) is 2.45. The molecule has 2 nitrogen and oxygen atoms in total. The highest BCUT2D eigenvalue weighted by Crippen LogP contribution is 2.27. The molecule has 18 heavy (non-hydrogen) atoms. The summed E-state index contributed by atoms with van der Waals surface area (Å²) in [5.74, 6) is 0. The molecule has 0 saturated heterocycles.